The molecule has 3 rings (SSSR count). The van der Waals surface area contributed by atoms with Gasteiger partial charge in [-0.15, -0.1) is 24.0 Å². The zero-order valence-corrected chi connectivity index (χ0v) is 17.7. The minimum Gasteiger partial charge on any atom is -0.461 e. The van der Waals surface area contributed by atoms with Gasteiger partial charge in [0.15, 0.2) is 5.96 Å². The van der Waals surface area contributed by atoms with Gasteiger partial charge in [-0.1, -0.05) is 18.2 Å². The van der Waals surface area contributed by atoms with Gasteiger partial charge >= 0.3 is 0 Å². The van der Waals surface area contributed by atoms with E-state index in [1.54, 1.807) is 6.92 Å². The van der Waals surface area contributed by atoms with Gasteiger partial charge in [0.25, 0.3) is 0 Å². The summed E-state index contributed by atoms with van der Waals surface area (Å²) in [5.41, 5.74) is 0.925. The second kappa shape index (κ2) is 9.80. The molecule has 26 heavy (non-hydrogen) atoms. The van der Waals surface area contributed by atoms with E-state index in [4.69, 9.17) is 9.41 Å². The van der Waals surface area contributed by atoms with Crippen molar-refractivity contribution in [1.82, 2.24) is 15.1 Å². The van der Waals surface area contributed by atoms with Crippen molar-refractivity contribution < 1.29 is 9.21 Å². The van der Waals surface area contributed by atoms with E-state index in [2.05, 4.69) is 29.3 Å². The molecule has 1 fully saturated rings. The lowest BCUT2D eigenvalue weighted by molar-refractivity contribution is -0.130. The van der Waals surface area contributed by atoms with Crippen LogP contribution in [0.5, 0.6) is 0 Å². The van der Waals surface area contributed by atoms with Gasteiger partial charge < -0.3 is 19.5 Å². The summed E-state index contributed by atoms with van der Waals surface area (Å²) in [4.78, 5) is 20.3. The molecular formula is C19H27IN4O2. The van der Waals surface area contributed by atoms with Gasteiger partial charge in [0, 0.05) is 58.0 Å². The van der Waals surface area contributed by atoms with Crippen LogP contribution >= 0.6 is 24.0 Å². The molecule has 0 saturated carbocycles. The first-order valence-electron chi connectivity index (χ1n) is 8.93. The van der Waals surface area contributed by atoms with Crippen molar-refractivity contribution >= 4 is 46.8 Å². The van der Waals surface area contributed by atoms with Crippen molar-refractivity contribution in [3.63, 3.8) is 0 Å². The summed E-state index contributed by atoms with van der Waals surface area (Å²) in [5.74, 6) is 2.02. The maximum absolute atomic E-state index is 11.5. The minimum atomic E-state index is 0. The third kappa shape index (κ3) is 5.12. The number of guanidine groups is 1. The Labute approximate surface area is 171 Å². The molecule has 1 aliphatic heterocycles. The van der Waals surface area contributed by atoms with Gasteiger partial charge in [0.2, 0.25) is 5.91 Å². The van der Waals surface area contributed by atoms with Crippen LogP contribution in [0.4, 0.5) is 0 Å². The third-order valence-corrected chi connectivity index (χ3v) is 4.46. The standard InChI is InChI=1S/C19H26N4O2.HI/c1-3-20-19(23-12-10-22(11-13-23)15(2)24)21-9-8-17-14-16-6-4-5-7-18(16)25-17;/h4-7,14H,3,8-13H2,1-2H3,(H,20,21);1H. The van der Waals surface area contributed by atoms with Crippen molar-refractivity contribution in [3.05, 3.63) is 36.1 Å². The number of piperazine rings is 1. The van der Waals surface area contributed by atoms with Crippen LogP contribution in [0.1, 0.15) is 19.6 Å². The molecule has 1 aromatic heterocycles. The lowest BCUT2D eigenvalue weighted by atomic mass is 10.2. The van der Waals surface area contributed by atoms with Crippen LogP contribution in [0.25, 0.3) is 11.0 Å². The molecule has 0 aliphatic carbocycles. The summed E-state index contributed by atoms with van der Waals surface area (Å²) in [5, 5.41) is 4.48. The second-order valence-electron chi connectivity index (χ2n) is 6.23. The topological polar surface area (TPSA) is 61.1 Å². The average molecular weight is 470 g/mol. The van der Waals surface area contributed by atoms with Crippen LogP contribution in [0, 0.1) is 0 Å². The number of amides is 1. The number of benzene rings is 1. The van der Waals surface area contributed by atoms with E-state index in [0.717, 1.165) is 61.8 Å². The van der Waals surface area contributed by atoms with Crippen LogP contribution < -0.4 is 5.32 Å². The predicted octanol–water partition coefficient (Wildman–Crippen LogP) is 2.72. The first kappa shape index (κ1) is 20.5. The fourth-order valence-corrected chi connectivity index (χ4v) is 3.09. The molecule has 2 aromatic rings. The summed E-state index contributed by atoms with van der Waals surface area (Å²) in [7, 11) is 0. The Hall–Kier alpha value is -1.77. The van der Waals surface area contributed by atoms with Gasteiger partial charge in [-0.05, 0) is 19.1 Å². The fourth-order valence-electron chi connectivity index (χ4n) is 3.09. The molecule has 6 nitrogen and oxygen atoms in total. The molecule has 0 spiro atoms. The van der Waals surface area contributed by atoms with Gasteiger partial charge in [-0.25, -0.2) is 0 Å². The van der Waals surface area contributed by atoms with E-state index in [1.165, 1.54) is 0 Å². The molecular weight excluding hydrogens is 443 g/mol. The number of nitrogens with zero attached hydrogens (tertiary/aromatic N) is 3. The smallest absolute Gasteiger partial charge is 0.219 e. The van der Waals surface area contributed by atoms with Crippen LogP contribution in [0.2, 0.25) is 0 Å². The molecule has 2 heterocycles. The predicted molar refractivity (Wildman–Crippen MR) is 115 cm³/mol. The molecule has 1 aromatic carbocycles. The molecule has 0 unspecified atom stereocenters. The van der Waals surface area contributed by atoms with Gasteiger partial charge in [0.05, 0.1) is 0 Å². The van der Waals surface area contributed by atoms with E-state index in [1.807, 2.05) is 23.1 Å². The molecule has 1 saturated heterocycles. The Bertz CT molecular complexity index is 718. The number of halogens is 1. The number of para-hydroxylation sites is 1. The van der Waals surface area contributed by atoms with E-state index in [-0.39, 0.29) is 29.9 Å². The van der Waals surface area contributed by atoms with E-state index >= 15 is 0 Å². The zero-order chi connectivity index (χ0) is 17.6. The number of rotatable bonds is 4. The number of carbonyl (C=O) groups is 1. The number of aliphatic imine (C=N–C) groups is 1. The summed E-state index contributed by atoms with van der Waals surface area (Å²) in [6.45, 7) is 8.34. The Morgan fingerprint density at radius 1 is 1.19 bits per heavy atom. The monoisotopic (exact) mass is 470 g/mol. The third-order valence-electron chi connectivity index (χ3n) is 4.46. The molecule has 1 aliphatic rings. The number of fused-ring (bicyclic) bond motifs is 1. The highest BCUT2D eigenvalue weighted by Crippen LogP contribution is 2.19. The number of carbonyl (C=O) groups excluding carboxylic acids is 1. The van der Waals surface area contributed by atoms with Gasteiger partial charge in [-0.2, -0.15) is 0 Å². The van der Waals surface area contributed by atoms with E-state index in [9.17, 15) is 4.79 Å². The first-order chi connectivity index (χ1) is 12.2. The van der Waals surface area contributed by atoms with Crippen molar-refractivity contribution in [2.75, 3.05) is 39.3 Å². The first-order valence-corrected chi connectivity index (χ1v) is 8.93. The van der Waals surface area contributed by atoms with E-state index < -0.39 is 0 Å². The highest BCUT2D eigenvalue weighted by molar-refractivity contribution is 14.0. The van der Waals surface area contributed by atoms with Crippen LogP contribution in [0.15, 0.2) is 39.7 Å². The second-order valence-corrected chi connectivity index (χ2v) is 6.23. The zero-order valence-electron chi connectivity index (χ0n) is 15.4. The lowest BCUT2D eigenvalue weighted by Crippen LogP contribution is -2.53. The molecule has 0 radical (unpaired) electrons. The fraction of sp³-hybridized carbons (Fsp3) is 0.474. The number of furan rings is 1. The summed E-state index contributed by atoms with van der Waals surface area (Å²) < 4.78 is 5.85. The van der Waals surface area contributed by atoms with Gasteiger partial charge in [0.1, 0.15) is 11.3 Å². The SMILES string of the molecule is CCNC(=NCCc1cc2ccccc2o1)N1CCN(C(C)=O)CC1.I. The molecule has 0 atom stereocenters. The molecule has 0 bridgehead atoms. The molecule has 1 N–H and O–H groups in total. The maximum Gasteiger partial charge on any atom is 0.219 e. The summed E-state index contributed by atoms with van der Waals surface area (Å²) in [6, 6.07) is 10.1. The molecule has 7 heteroatoms. The van der Waals surface area contributed by atoms with Gasteiger partial charge in [-0.3, -0.25) is 9.79 Å². The largest absolute Gasteiger partial charge is 0.461 e. The van der Waals surface area contributed by atoms with Crippen LogP contribution in [-0.4, -0.2) is 60.9 Å². The van der Waals surface area contributed by atoms with Crippen molar-refractivity contribution in [2.24, 2.45) is 4.99 Å². The van der Waals surface area contributed by atoms with E-state index in [0.29, 0.717) is 6.54 Å². The van der Waals surface area contributed by atoms with Crippen LogP contribution in [0.3, 0.4) is 0 Å². The van der Waals surface area contributed by atoms with Crippen molar-refractivity contribution in [3.8, 4) is 0 Å². The summed E-state index contributed by atoms with van der Waals surface area (Å²) >= 11 is 0. The Kier molecular flexibility index (Phi) is 7.74. The van der Waals surface area contributed by atoms with Crippen molar-refractivity contribution in [2.45, 2.75) is 20.3 Å². The maximum atomic E-state index is 11.5. The molecule has 1 amide bonds. The highest BCUT2D eigenvalue weighted by Gasteiger charge is 2.20. The average Bonchev–Trinajstić information content (AvgIpc) is 3.04. The number of hydrogen-bond acceptors (Lipinski definition) is 3. The number of nitrogens with one attached hydrogen (secondary N) is 1. The van der Waals surface area contributed by atoms with Crippen LogP contribution in [-0.2, 0) is 11.2 Å². The quantitative estimate of drug-likeness (QED) is 0.424. The number of hydrogen-bond donors (Lipinski definition) is 1. The normalized spacial score (nSPS) is 15.1. The Morgan fingerprint density at radius 3 is 2.54 bits per heavy atom. The highest BCUT2D eigenvalue weighted by atomic mass is 127. The minimum absolute atomic E-state index is 0. The summed E-state index contributed by atoms with van der Waals surface area (Å²) in [6.07, 6.45) is 0.775. The van der Waals surface area contributed by atoms with Crippen molar-refractivity contribution in [1.29, 1.82) is 0 Å². The molecule has 142 valence electrons. The Balaban J connectivity index is 0.00000243. The Morgan fingerprint density at radius 2 is 1.88 bits per heavy atom. The lowest BCUT2D eigenvalue weighted by Gasteiger charge is -2.36.